The zero-order valence-corrected chi connectivity index (χ0v) is 13.2. The number of hydrogen-bond acceptors (Lipinski definition) is 6. The molecule has 6 nitrogen and oxygen atoms in total. The van der Waals surface area contributed by atoms with Gasteiger partial charge in [-0.2, -0.15) is 4.98 Å². The van der Waals surface area contributed by atoms with Gasteiger partial charge in [0, 0.05) is 34.8 Å². The summed E-state index contributed by atoms with van der Waals surface area (Å²) in [6.45, 7) is 3.27. The van der Waals surface area contributed by atoms with Gasteiger partial charge in [-0.05, 0) is 24.6 Å². The van der Waals surface area contributed by atoms with Crippen LogP contribution in [0.1, 0.15) is 16.8 Å². The van der Waals surface area contributed by atoms with Crippen LogP contribution in [-0.2, 0) is 13.0 Å². The molecule has 0 saturated carbocycles. The summed E-state index contributed by atoms with van der Waals surface area (Å²) in [6.07, 6.45) is 0.954. The summed E-state index contributed by atoms with van der Waals surface area (Å²) in [6, 6.07) is 6.05. The highest BCUT2D eigenvalue weighted by Crippen LogP contribution is 2.33. The summed E-state index contributed by atoms with van der Waals surface area (Å²) in [4.78, 5) is 8.43. The van der Waals surface area contributed by atoms with Gasteiger partial charge in [-0.15, -0.1) is 0 Å². The Morgan fingerprint density at radius 1 is 1.33 bits per heavy atom. The molecular formula is C14H16BrN5O. The van der Waals surface area contributed by atoms with Crippen molar-refractivity contribution < 1.29 is 4.74 Å². The molecule has 0 radical (unpaired) electrons. The summed E-state index contributed by atoms with van der Waals surface area (Å²) >= 11 is 3.54. The molecule has 1 aliphatic heterocycles. The van der Waals surface area contributed by atoms with Gasteiger partial charge in [0.1, 0.15) is 11.6 Å². The summed E-state index contributed by atoms with van der Waals surface area (Å²) in [5, 5.41) is 3.29. The van der Waals surface area contributed by atoms with Crippen molar-refractivity contribution in [3.05, 3.63) is 39.5 Å². The van der Waals surface area contributed by atoms with Gasteiger partial charge >= 0.3 is 0 Å². The Labute approximate surface area is 131 Å². The molecule has 1 aliphatic rings. The van der Waals surface area contributed by atoms with E-state index in [0.29, 0.717) is 12.5 Å². The number of aromatic nitrogens is 2. The fourth-order valence-electron chi connectivity index (χ4n) is 2.39. The van der Waals surface area contributed by atoms with Crippen molar-refractivity contribution >= 4 is 27.7 Å². The SMILES string of the molecule is Cc1cc(NCc2cc(Br)cc3c2OCC3)nc(NN)n1. The van der Waals surface area contributed by atoms with Crippen molar-refractivity contribution in [3.63, 3.8) is 0 Å². The van der Waals surface area contributed by atoms with Crippen LogP contribution in [0.3, 0.4) is 0 Å². The Balaban J connectivity index is 1.81. The lowest BCUT2D eigenvalue weighted by Gasteiger charge is -2.11. The highest BCUT2D eigenvalue weighted by Gasteiger charge is 2.17. The van der Waals surface area contributed by atoms with Crippen LogP contribution in [0.15, 0.2) is 22.7 Å². The molecule has 0 unspecified atom stereocenters. The number of benzene rings is 1. The molecule has 1 aromatic heterocycles. The largest absolute Gasteiger partial charge is 0.493 e. The molecule has 7 heteroatoms. The first kappa shape index (κ1) is 14.1. The smallest absolute Gasteiger partial charge is 0.239 e. The minimum absolute atomic E-state index is 0.397. The van der Waals surface area contributed by atoms with Crippen LogP contribution in [0.2, 0.25) is 0 Å². The molecular weight excluding hydrogens is 334 g/mol. The Morgan fingerprint density at radius 2 is 2.19 bits per heavy atom. The first-order chi connectivity index (χ1) is 10.2. The molecule has 0 amide bonds. The quantitative estimate of drug-likeness (QED) is 0.580. The highest BCUT2D eigenvalue weighted by atomic mass is 79.9. The topological polar surface area (TPSA) is 85.1 Å². The second-order valence-corrected chi connectivity index (χ2v) is 5.78. The molecule has 110 valence electrons. The van der Waals surface area contributed by atoms with Gasteiger partial charge in [-0.25, -0.2) is 10.8 Å². The Kier molecular flexibility index (Phi) is 3.94. The van der Waals surface area contributed by atoms with Gasteiger partial charge in [-0.3, -0.25) is 5.43 Å². The number of fused-ring (bicyclic) bond motifs is 1. The van der Waals surface area contributed by atoms with Crippen molar-refractivity contribution in [2.45, 2.75) is 19.9 Å². The van der Waals surface area contributed by atoms with E-state index in [4.69, 9.17) is 10.6 Å². The lowest BCUT2D eigenvalue weighted by molar-refractivity contribution is 0.354. The number of ether oxygens (including phenoxy) is 1. The number of hydrogen-bond donors (Lipinski definition) is 3. The number of nitrogen functional groups attached to an aromatic ring is 1. The van der Waals surface area contributed by atoms with Gasteiger partial charge in [-0.1, -0.05) is 15.9 Å². The fourth-order valence-corrected chi connectivity index (χ4v) is 2.94. The number of aryl methyl sites for hydroxylation is 1. The van der Waals surface area contributed by atoms with Crippen LogP contribution in [0.5, 0.6) is 5.75 Å². The Morgan fingerprint density at radius 3 is 3.00 bits per heavy atom. The molecule has 0 saturated heterocycles. The Bertz CT molecular complexity index is 677. The van der Waals surface area contributed by atoms with E-state index >= 15 is 0 Å². The van der Waals surface area contributed by atoms with E-state index in [1.54, 1.807) is 0 Å². The Hall–Kier alpha value is -1.86. The van der Waals surface area contributed by atoms with Gasteiger partial charge in [0.25, 0.3) is 0 Å². The van der Waals surface area contributed by atoms with E-state index < -0.39 is 0 Å². The van der Waals surface area contributed by atoms with Gasteiger partial charge in [0.05, 0.1) is 6.61 Å². The standard InChI is InChI=1S/C14H16BrN5O/c1-8-4-12(19-14(18-8)20-16)17-7-10-6-11(15)5-9-2-3-21-13(9)10/h4-6H,2-3,7,16H2,1H3,(H2,17,18,19,20). The van der Waals surface area contributed by atoms with Crippen molar-refractivity contribution in [1.29, 1.82) is 0 Å². The molecule has 0 aliphatic carbocycles. The summed E-state index contributed by atoms with van der Waals surface area (Å²) in [5.74, 6) is 7.46. The zero-order valence-electron chi connectivity index (χ0n) is 11.6. The third-order valence-corrected chi connectivity index (χ3v) is 3.73. The van der Waals surface area contributed by atoms with E-state index in [2.05, 4.69) is 48.8 Å². The van der Waals surface area contributed by atoms with Gasteiger partial charge in [0.15, 0.2) is 0 Å². The van der Waals surface area contributed by atoms with Crippen LogP contribution >= 0.6 is 15.9 Å². The van der Waals surface area contributed by atoms with E-state index in [1.807, 2.05) is 13.0 Å². The van der Waals surface area contributed by atoms with E-state index in [-0.39, 0.29) is 0 Å². The molecule has 21 heavy (non-hydrogen) atoms. The fraction of sp³-hybridized carbons (Fsp3) is 0.286. The minimum atomic E-state index is 0.397. The van der Waals surface area contributed by atoms with Crippen LogP contribution in [0.4, 0.5) is 11.8 Å². The van der Waals surface area contributed by atoms with E-state index in [0.717, 1.165) is 40.3 Å². The average Bonchev–Trinajstić information content (AvgIpc) is 2.92. The van der Waals surface area contributed by atoms with Gasteiger partial charge < -0.3 is 10.1 Å². The average molecular weight is 350 g/mol. The minimum Gasteiger partial charge on any atom is -0.493 e. The third kappa shape index (κ3) is 3.08. The summed E-state index contributed by atoms with van der Waals surface area (Å²) in [7, 11) is 0. The lowest BCUT2D eigenvalue weighted by Crippen LogP contribution is -2.12. The molecule has 0 atom stereocenters. The van der Waals surface area contributed by atoms with Gasteiger partial charge in [0.2, 0.25) is 5.95 Å². The third-order valence-electron chi connectivity index (χ3n) is 3.27. The summed E-state index contributed by atoms with van der Waals surface area (Å²) in [5.41, 5.74) is 5.65. The molecule has 0 bridgehead atoms. The number of hydrazine groups is 1. The molecule has 0 fully saturated rings. The van der Waals surface area contributed by atoms with Crippen molar-refractivity contribution in [1.82, 2.24) is 9.97 Å². The zero-order chi connectivity index (χ0) is 14.8. The van der Waals surface area contributed by atoms with Crippen LogP contribution in [0.25, 0.3) is 0 Å². The van der Waals surface area contributed by atoms with Crippen molar-refractivity contribution in [3.8, 4) is 5.75 Å². The van der Waals surface area contributed by atoms with Crippen molar-refractivity contribution in [2.75, 3.05) is 17.3 Å². The second kappa shape index (κ2) is 5.87. The normalized spacial score (nSPS) is 12.7. The highest BCUT2D eigenvalue weighted by molar-refractivity contribution is 9.10. The molecule has 4 N–H and O–H groups in total. The lowest BCUT2D eigenvalue weighted by atomic mass is 10.1. The first-order valence-corrected chi connectivity index (χ1v) is 7.45. The predicted molar refractivity (Wildman–Crippen MR) is 85.2 cm³/mol. The second-order valence-electron chi connectivity index (χ2n) is 4.87. The number of anilines is 2. The molecule has 2 heterocycles. The molecule has 2 aromatic rings. The number of nitrogens with two attached hydrogens (primary N) is 1. The van der Waals surface area contributed by atoms with Crippen LogP contribution in [-0.4, -0.2) is 16.6 Å². The maximum absolute atomic E-state index is 5.72. The number of nitrogens with zero attached hydrogens (tertiary/aromatic N) is 2. The summed E-state index contributed by atoms with van der Waals surface area (Å²) < 4.78 is 6.78. The number of nitrogens with one attached hydrogen (secondary N) is 2. The monoisotopic (exact) mass is 349 g/mol. The maximum atomic E-state index is 5.72. The first-order valence-electron chi connectivity index (χ1n) is 6.66. The molecule has 1 aromatic carbocycles. The number of rotatable bonds is 4. The predicted octanol–water partition coefficient (Wildman–Crippen LogP) is 2.38. The molecule has 3 rings (SSSR count). The van der Waals surface area contributed by atoms with Crippen LogP contribution in [0, 0.1) is 6.92 Å². The van der Waals surface area contributed by atoms with Crippen LogP contribution < -0.4 is 21.3 Å². The van der Waals surface area contributed by atoms with Crippen molar-refractivity contribution in [2.24, 2.45) is 5.84 Å². The number of halogens is 1. The molecule has 0 spiro atoms. The van der Waals surface area contributed by atoms with E-state index in [9.17, 15) is 0 Å². The maximum Gasteiger partial charge on any atom is 0.239 e. The van der Waals surface area contributed by atoms with E-state index in [1.165, 1.54) is 5.56 Å².